The Morgan fingerprint density at radius 3 is 2.70 bits per heavy atom. The van der Waals surface area contributed by atoms with Gasteiger partial charge in [0.05, 0.1) is 23.6 Å². The molecule has 5 heterocycles. The SMILES string of the molecule is Cc1cc(C[C@H]2CN[C@H](C)CN2CC(=O)N2CC(C)(C)c3c2cc(Cc2ccc(F)cc2)c2ncnn32)n(C)n1. The number of halogens is 1. The quantitative estimate of drug-likeness (QED) is 0.402. The van der Waals surface area contributed by atoms with Crippen LogP contribution < -0.4 is 10.2 Å². The molecule has 210 valence electrons. The summed E-state index contributed by atoms with van der Waals surface area (Å²) in [4.78, 5) is 22.9. The Balaban J connectivity index is 1.30. The molecule has 6 rings (SSSR count). The fraction of sp³-hybridized carbons (Fsp3) is 0.467. The zero-order valence-electron chi connectivity index (χ0n) is 23.9. The second kappa shape index (κ2) is 10.1. The van der Waals surface area contributed by atoms with Crippen LogP contribution in [0.5, 0.6) is 0 Å². The topological polar surface area (TPSA) is 83.6 Å². The van der Waals surface area contributed by atoms with E-state index in [1.165, 1.54) is 17.8 Å². The van der Waals surface area contributed by atoms with Crippen LogP contribution in [0.4, 0.5) is 10.1 Å². The van der Waals surface area contributed by atoms with Gasteiger partial charge in [0.15, 0.2) is 5.65 Å². The highest BCUT2D eigenvalue weighted by molar-refractivity contribution is 5.97. The number of amides is 1. The summed E-state index contributed by atoms with van der Waals surface area (Å²) in [7, 11) is 1.98. The van der Waals surface area contributed by atoms with Crippen LogP contribution in [0.25, 0.3) is 5.65 Å². The van der Waals surface area contributed by atoms with E-state index in [2.05, 4.69) is 58.3 Å². The van der Waals surface area contributed by atoms with E-state index in [4.69, 9.17) is 0 Å². The molecule has 0 aliphatic carbocycles. The van der Waals surface area contributed by atoms with E-state index in [1.807, 2.05) is 28.1 Å². The third kappa shape index (κ3) is 4.90. The zero-order valence-corrected chi connectivity index (χ0v) is 23.9. The fourth-order valence-corrected chi connectivity index (χ4v) is 6.38. The van der Waals surface area contributed by atoms with Gasteiger partial charge in [-0.1, -0.05) is 26.0 Å². The average Bonchev–Trinajstić information content (AvgIpc) is 3.57. The van der Waals surface area contributed by atoms with Crippen LogP contribution in [0.1, 0.15) is 49.0 Å². The van der Waals surface area contributed by atoms with Crippen LogP contribution >= 0.6 is 0 Å². The van der Waals surface area contributed by atoms with Crippen molar-refractivity contribution in [1.29, 1.82) is 0 Å². The molecule has 0 saturated carbocycles. The lowest BCUT2D eigenvalue weighted by molar-refractivity contribution is -0.120. The number of carbonyl (C=O) groups is 1. The minimum absolute atomic E-state index is 0.0827. The van der Waals surface area contributed by atoms with Gasteiger partial charge >= 0.3 is 0 Å². The number of carbonyl (C=O) groups excluding carboxylic acids is 1. The number of anilines is 1. The average molecular weight is 545 g/mol. The van der Waals surface area contributed by atoms with Crippen molar-refractivity contribution in [2.75, 3.05) is 31.1 Å². The molecule has 1 aromatic carbocycles. The molecular formula is C30H37FN8O. The lowest BCUT2D eigenvalue weighted by atomic mass is 9.90. The highest BCUT2D eigenvalue weighted by Crippen LogP contribution is 2.42. The lowest BCUT2D eigenvalue weighted by Crippen LogP contribution is -2.58. The summed E-state index contributed by atoms with van der Waals surface area (Å²) in [6.07, 6.45) is 2.96. The summed E-state index contributed by atoms with van der Waals surface area (Å²) in [5.74, 6) is -0.178. The van der Waals surface area contributed by atoms with E-state index in [9.17, 15) is 9.18 Å². The summed E-state index contributed by atoms with van der Waals surface area (Å²) < 4.78 is 17.4. The Morgan fingerprint density at radius 1 is 1.20 bits per heavy atom. The van der Waals surface area contributed by atoms with E-state index in [-0.39, 0.29) is 23.2 Å². The smallest absolute Gasteiger partial charge is 0.241 e. The molecule has 10 heteroatoms. The number of fused-ring (bicyclic) bond motifs is 3. The summed E-state index contributed by atoms with van der Waals surface area (Å²) in [6.45, 7) is 11.0. The number of aryl methyl sites for hydroxylation is 2. The van der Waals surface area contributed by atoms with Crippen molar-refractivity contribution in [3.8, 4) is 0 Å². The maximum atomic E-state index is 14.1. The van der Waals surface area contributed by atoms with Crippen LogP contribution in [-0.2, 0) is 30.1 Å². The van der Waals surface area contributed by atoms with Gasteiger partial charge in [0, 0.05) is 68.3 Å². The predicted octanol–water partition coefficient (Wildman–Crippen LogP) is 3.03. The van der Waals surface area contributed by atoms with Gasteiger partial charge < -0.3 is 10.2 Å². The maximum absolute atomic E-state index is 14.1. The summed E-state index contributed by atoms with van der Waals surface area (Å²) >= 11 is 0. The normalized spacial score (nSPS) is 20.8. The molecule has 2 atom stereocenters. The number of aromatic nitrogens is 5. The van der Waals surface area contributed by atoms with Crippen molar-refractivity contribution in [2.45, 2.75) is 58.0 Å². The highest BCUT2D eigenvalue weighted by Gasteiger charge is 2.42. The summed E-state index contributed by atoms with van der Waals surface area (Å²) in [6, 6.07) is 11.2. The van der Waals surface area contributed by atoms with Crippen molar-refractivity contribution < 1.29 is 9.18 Å². The van der Waals surface area contributed by atoms with Gasteiger partial charge in [-0.2, -0.15) is 10.2 Å². The third-order valence-electron chi connectivity index (χ3n) is 8.30. The van der Waals surface area contributed by atoms with Crippen LogP contribution in [0.15, 0.2) is 42.7 Å². The number of nitrogens with one attached hydrogen (secondary N) is 1. The van der Waals surface area contributed by atoms with Crippen molar-refractivity contribution in [2.24, 2.45) is 7.05 Å². The van der Waals surface area contributed by atoms with E-state index < -0.39 is 0 Å². The summed E-state index contributed by atoms with van der Waals surface area (Å²) in [5.41, 5.74) is 6.45. The molecule has 2 aliphatic heterocycles. The van der Waals surface area contributed by atoms with Gasteiger partial charge in [-0.15, -0.1) is 0 Å². The van der Waals surface area contributed by atoms with Crippen LogP contribution in [0, 0.1) is 12.7 Å². The lowest BCUT2D eigenvalue weighted by Gasteiger charge is -2.39. The van der Waals surface area contributed by atoms with Crippen molar-refractivity contribution >= 4 is 17.2 Å². The minimum Gasteiger partial charge on any atom is -0.311 e. The molecule has 0 unspecified atom stereocenters. The van der Waals surface area contributed by atoms with Gasteiger partial charge in [-0.3, -0.25) is 14.4 Å². The Labute approximate surface area is 234 Å². The molecule has 1 amide bonds. The molecular weight excluding hydrogens is 507 g/mol. The number of hydrogen-bond donors (Lipinski definition) is 1. The number of benzene rings is 1. The number of hydrogen-bond acceptors (Lipinski definition) is 6. The molecule has 1 fully saturated rings. The van der Waals surface area contributed by atoms with Gasteiger partial charge in [-0.05, 0) is 43.7 Å². The number of pyridine rings is 1. The van der Waals surface area contributed by atoms with Gasteiger partial charge in [0.25, 0.3) is 0 Å². The monoisotopic (exact) mass is 544 g/mol. The minimum atomic E-state index is -0.298. The zero-order chi connectivity index (χ0) is 28.2. The Kier molecular flexibility index (Phi) is 6.70. The molecule has 40 heavy (non-hydrogen) atoms. The van der Waals surface area contributed by atoms with E-state index in [0.717, 1.165) is 53.4 Å². The first-order valence-corrected chi connectivity index (χ1v) is 14.0. The Hall–Kier alpha value is -3.63. The molecule has 2 aliphatic rings. The van der Waals surface area contributed by atoms with E-state index in [0.29, 0.717) is 25.6 Å². The van der Waals surface area contributed by atoms with Crippen LogP contribution in [0.3, 0.4) is 0 Å². The number of piperazine rings is 1. The fourth-order valence-electron chi connectivity index (χ4n) is 6.38. The van der Waals surface area contributed by atoms with Crippen molar-refractivity contribution in [3.63, 3.8) is 0 Å². The molecule has 9 nitrogen and oxygen atoms in total. The largest absolute Gasteiger partial charge is 0.311 e. The first-order chi connectivity index (χ1) is 19.1. The molecule has 0 radical (unpaired) electrons. The van der Waals surface area contributed by atoms with E-state index >= 15 is 0 Å². The van der Waals surface area contributed by atoms with Gasteiger partial charge in [0.1, 0.15) is 12.1 Å². The number of rotatable bonds is 6. The standard InChI is InChI=1S/C30H37FN8O/c1-19-10-24(36(5)35-19)13-25-14-32-20(2)15-37(25)16-27(40)38-17-30(3,4)28-26(38)12-22(29-33-18-34-39(28)29)11-21-6-8-23(31)9-7-21/h6-10,12,18,20,25,32H,11,13-17H2,1-5H3/t20-,25+/m1/s1. The third-order valence-corrected chi connectivity index (χ3v) is 8.30. The highest BCUT2D eigenvalue weighted by atomic mass is 19.1. The van der Waals surface area contributed by atoms with Crippen LogP contribution in [0.2, 0.25) is 0 Å². The second-order valence-corrected chi connectivity index (χ2v) is 12.1. The Morgan fingerprint density at radius 2 is 1.98 bits per heavy atom. The molecule has 1 N–H and O–H groups in total. The predicted molar refractivity (Wildman–Crippen MR) is 152 cm³/mol. The Bertz CT molecular complexity index is 1560. The maximum Gasteiger partial charge on any atom is 0.241 e. The molecule has 0 spiro atoms. The number of nitrogens with zero attached hydrogens (tertiary/aromatic N) is 7. The van der Waals surface area contributed by atoms with Crippen molar-refractivity contribution in [3.05, 3.63) is 76.8 Å². The molecule has 3 aromatic heterocycles. The van der Waals surface area contributed by atoms with Crippen molar-refractivity contribution in [1.82, 2.24) is 34.6 Å². The van der Waals surface area contributed by atoms with Crippen LogP contribution in [-0.4, -0.2) is 73.4 Å². The van der Waals surface area contributed by atoms with Gasteiger partial charge in [-0.25, -0.2) is 13.9 Å². The first-order valence-electron chi connectivity index (χ1n) is 14.0. The summed E-state index contributed by atoms with van der Waals surface area (Å²) in [5, 5.41) is 12.7. The molecule has 0 bridgehead atoms. The van der Waals surface area contributed by atoms with E-state index in [1.54, 1.807) is 18.5 Å². The molecule has 4 aromatic rings. The first kappa shape index (κ1) is 26.6. The van der Waals surface area contributed by atoms with Gasteiger partial charge in [0.2, 0.25) is 5.91 Å². The second-order valence-electron chi connectivity index (χ2n) is 12.1. The molecule has 1 saturated heterocycles.